The van der Waals surface area contributed by atoms with Gasteiger partial charge in [-0.3, -0.25) is 10.1 Å². The Morgan fingerprint density at radius 2 is 2.33 bits per heavy atom. The third-order valence-electron chi connectivity index (χ3n) is 2.35. The molecule has 0 unspecified atom stereocenters. The van der Waals surface area contributed by atoms with E-state index in [0.717, 1.165) is 12.8 Å². The van der Waals surface area contributed by atoms with Crippen molar-refractivity contribution in [1.82, 2.24) is 10.6 Å². The molecule has 2 N–H and O–H groups in total. The van der Waals surface area contributed by atoms with Crippen LogP contribution in [-0.4, -0.2) is 32.8 Å². The van der Waals surface area contributed by atoms with E-state index in [2.05, 4.69) is 10.6 Å². The lowest BCUT2D eigenvalue weighted by Crippen LogP contribution is -2.51. The first kappa shape index (κ1) is 9.48. The van der Waals surface area contributed by atoms with Crippen LogP contribution < -0.4 is 10.6 Å². The molecule has 1 aliphatic carbocycles. The van der Waals surface area contributed by atoms with Crippen molar-refractivity contribution >= 4 is 5.91 Å². The molecule has 4 heteroatoms. The van der Waals surface area contributed by atoms with E-state index in [1.165, 1.54) is 0 Å². The molecule has 0 aromatic heterocycles. The summed E-state index contributed by atoms with van der Waals surface area (Å²) in [6.45, 7) is 0.526. The van der Waals surface area contributed by atoms with Gasteiger partial charge in [-0.05, 0) is 12.8 Å². The van der Waals surface area contributed by atoms with Crippen LogP contribution in [0.15, 0.2) is 0 Å². The molecular formula is C8H16N2O2. The number of amides is 1. The molecule has 1 aliphatic rings. The number of carbonyl (C=O) groups is 1. The minimum Gasteiger partial charge on any atom is -0.370 e. The third kappa shape index (κ3) is 1.95. The minimum absolute atomic E-state index is 0.134. The van der Waals surface area contributed by atoms with Gasteiger partial charge < -0.3 is 10.1 Å². The largest absolute Gasteiger partial charge is 0.370 e. The molecule has 0 bridgehead atoms. The van der Waals surface area contributed by atoms with Crippen molar-refractivity contribution in [2.24, 2.45) is 5.92 Å². The first-order valence-electron chi connectivity index (χ1n) is 4.23. The van der Waals surface area contributed by atoms with E-state index >= 15 is 0 Å². The normalized spacial score (nSPS) is 27.8. The van der Waals surface area contributed by atoms with Crippen molar-refractivity contribution in [2.75, 3.05) is 20.9 Å². The van der Waals surface area contributed by atoms with Gasteiger partial charge >= 0.3 is 0 Å². The van der Waals surface area contributed by atoms with Gasteiger partial charge in [-0.15, -0.1) is 0 Å². The second-order valence-electron chi connectivity index (χ2n) is 3.04. The van der Waals surface area contributed by atoms with Gasteiger partial charge in [0.2, 0.25) is 5.91 Å². The summed E-state index contributed by atoms with van der Waals surface area (Å²) in [6.07, 6.45) is 2.06. The molecule has 0 radical (unpaired) electrons. The summed E-state index contributed by atoms with van der Waals surface area (Å²) < 4.78 is 4.87. The fraction of sp³-hybridized carbons (Fsp3) is 0.875. The molecule has 12 heavy (non-hydrogen) atoms. The van der Waals surface area contributed by atoms with Crippen LogP contribution in [0.25, 0.3) is 0 Å². The van der Waals surface area contributed by atoms with Gasteiger partial charge in [-0.2, -0.15) is 0 Å². The maximum atomic E-state index is 11.2. The average Bonchev–Trinajstić information content (AvgIpc) is 2.03. The summed E-state index contributed by atoms with van der Waals surface area (Å²) in [6, 6.07) is 0.310. The summed E-state index contributed by atoms with van der Waals surface area (Å²) in [5, 5.41) is 5.80. The molecule has 0 heterocycles. The molecule has 1 amide bonds. The second kappa shape index (κ2) is 4.42. The molecule has 0 spiro atoms. The zero-order valence-electron chi connectivity index (χ0n) is 7.59. The van der Waals surface area contributed by atoms with Crippen molar-refractivity contribution < 1.29 is 9.53 Å². The van der Waals surface area contributed by atoms with Crippen molar-refractivity contribution in [3.8, 4) is 0 Å². The van der Waals surface area contributed by atoms with Crippen LogP contribution in [0.5, 0.6) is 0 Å². The van der Waals surface area contributed by atoms with Crippen molar-refractivity contribution in [1.29, 1.82) is 0 Å². The van der Waals surface area contributed by atoms with Crippen LogP contribution in [0, 0.1) is 5.92 Å². The van der Waals surface area contributed by atoms with E-state index in [9.17, 15) is 4.79 Å². The summed E-state index contributed by atoms with van der Waals surface area (Å²) in [5.74, 6) is 0.278. The number of nitrogens with one attached hydrogen (secondary N) is 2. The van der Waals surface area contributed by atoms with Crippen LogP contribution in [0.1, 0.15) is 12.8 Å². The van der Waals surface area contributed by atoms with Gasteiger partial charge in [0.25, 0.3) is 0 Å². The van der Waals surface area contributed by atoms with Crippen molar-refractivity contribution in [3.63, 3.8) is 0 Å². The van der Waals surface area contributed by atoms with Gasteiger partial charge in [0.15, 0.2) is 0 Å². The topological polar surface area (TPSA) is 50.4 Å². The van der Waals surface area contributed by atoms with Crippen LogP contribution in [0.4, 0.5) is 0 Å². The van der Waals surface area contributed by atoms with Crippen molar-refractivity contribution in [3.05, 3.63) is 0 Å². The molecule has 0 saturated heterocycles. The molecule has 1 fully saturated rings. The van der Waals surface area contributed by atoms with E-state index in [1.54, 1.807) is 14.2 Å². The van der Waals surface area contributed by atoms with Gasteiger partial charge in [0.1, 0.15) is 0 Å². The lowest BCUT2D eigenvalue weighted by Gasteiger charge is -2.35. The Kier molecular flexibility index (Phi) is 3.49. The quantitative estimate of drug-likeness (QED) is 0.573. The predicted octanol–water partition coefficient (Wildman–Crippen LogP) is -0.295. The Morgan fingerprint density at radius 3 is 2.75 bits per heavy atom. The van der Waals surface area contributed by atoms with E-state index in [0.29, 0.717) is 12.8 Å². The maximum Gasteiger partial charge on any atom is 0.224 e. The van der Waals surface area contributed by atoms with Crippen LogP contribution in [0.3, 0.4) is 0 Å². The second-order valence-corrected chi connectivity index (χ2v) is 3.04. The monoisotopic (exact) mass is 172 g/mol. The van der Waals surface area contributed by atoms with E-state index in [1.807, 2.05) is 0 Å². The SMILES string of the molecule is CNC(=O)[C@H]1CC[C@H]1NCOC. The van der Waals surface area contributed by atoms with Gasteiger partial charge in [0, 0.05) is 20.2 Å². The fourth-order valence-electron chi connectivity index (χ4n) is 1.43. The third-order valence-corrected chi connectivity index (χ3v) is 2.35. The lowest BCUT2D eigenvalue weighted by atomic mass is 9.79. The molecule has 1 rings (SSSR count). The summed E-state index contributed by atoms with van der Waals surface area (Å²) in [4.78, 5) is 11.2. The molecular weight excluding hydrogens is 156 g/mol. The number of hydrogen-bond donors (Lipinski definition) is 2. The minimum atomic E-state index is 0.134. The Morgan fingerprint density at radius 1 is 1.58 bits per heavy atom. The molecule has 0 aromatic carbocycles. The van der Waals surface area contributed by atoms with Gasteiger partial charge in [-0.1, -0.05) is 0 Å². The Labute approximate surface area is 72.7 Å². The highest BCUT2D eigenvalue weighted by Gasteiger charge is 2.35. The first-order valence-corrected chi connectivity index (χ1v) is 4.23. The van der Waals surface area contributed by atoms with E-state index in [4.69, 9.17) is 4.74 Å². The standard InChI is InChI=1S/C8H16N2O2/c1-9-8(11)6-3-4-7(6)10-5-12-2/h6-7,10H,3-5H2,1-2H3,(H,9,11)/t6-,7+/m0/s1. The zero-order chi connectivity index (χ0) is 8.97. The lowest BCUT2D eigenvalue weighted by molar-refractivity contribution is -0.128. The molecule has 0 aromatic rings. The number of carbonyl (C=O) groups excluding carboxylic acids is 1. The number of hydrogen-bond acceptors (Lipinski definition) is 3. The average molecular weight is 172 g/mol. The first-order chi connectivity index (χ1) is 5.79. The summed E-state index contributed by atoms with van der Waals surface area (Å²) >= 11 is 0. The Bertz CT molecular complexity index is 161. The summed E-state index contributed by atoms with van der Waals surface area (Å²) in [7, 11) is 3.31. The predicted molar refractivity (Wildman–Crippen MR) is 45.6 cm³/mol. The maximum absolute atomic E-state index is 11.2. The molecule has 1 saturated carbocycles. The Hall–Kier alpha value is -0.610. The number of methoxy groups -OCH3 is 1. The fourth-order valence-corrected chi connectivity index (χ4v) is 1.43. The smallest absolute Gasteiger partial charge is 0.224 e. The molecule has 0 aliphatic heterocycles. The van der Waals surface area contributed by atoms with Crippen molar-refractivity contribution in [2.45, 2.75) is 18.9 Å². The number of rotatable bonds is 4. The number of ether oxygens (including phenoxy) is 1. The molecule has 2 atom stereocenters. The Balaban J connectivity index is 2.24. The highest BCUT2D eigenvalue weighted by atomic mass is 16.5. The van der Waals surface area contributed by atoms with E-state index < -0.39 is 0 Å². The zero-order valence-corrected chi connectivity index (χ0v) is 7.59. The highest BCUT2D eigenvalue weighted by molar-refractivity contribution is 5.80. The highest BCUT2D eigenvalue weighted by Crippen LogP contribution is 2.27. The van der Waals surface area contributed by atoms with Crippen LogP contribution >= 0.6 is 0 Å². The molecule has 4 nitrogen and oxygen atoms in total. The van der Waals surface area contributed by atoms with Crippen LogP contribution in [0.2, 0.25) is 0 Å². The van der Waals surface area contributed by atoms with E-state index in [-0.39, 0.29) is 11.8 Å². The molecule has 70 valence electrons. The van der Waals surface area contributed by atoms with Gasteiger partial charge in [0.05, 0.1) is 12.6 Å². The summed E-state index contributed by atoms with van der Waals surface area (Å²) in [5.41, 5.74) is 0. The van der Waals surface area contributed by atoms with Gasteiger partial charge in [-0.25, -0.2) is 0 Å². The van der Waals surface area contributed by atoms with Crippen LogP contribution in [-0.2, 0) is 9.53 Å².